The van der Waals surface area contributed by atoms with E-state index in [-0.39, 0.29) is 0 Å². The number of hydrogen-bond donors (Lipinski definition) is 3. The van der Waals surface area contributed by atoms with Crippen LogP contribution in [0.3, 0.4) is 0 Å². The van der Waals surface area contributed by atoms with E-state index in [1.165, 1.54) is 0 Å². The zero-order valence-corrected chi connectivity index (χ0v) is 8.17. The number of halogens is 1. The fourth-order valence-electron chi connectivity index (χ4n) is 1.00. The zero-order valence-electron chi connectivity index (χ0n) is 6.01. The molecule has 1 unspecified atom stereocenters. The van der Waals surface area contributed by atoms with Gasteiger partial charge in [-0.3, -0.25) is 0 Å². The van der Waals surface area contributed by atoms with Crippen molar-refractivity contribution >= 4 is 22.6 Å². The topological polar surface area (TPSA) is 69.9 Å². The van der Waals surface area contributed by atoms with Crippen LogP contribution < -0.4 is 0 Å². The highest BCUT2D eigenvalue weighted by Crippen LogP contribution is 2.24. The molecule has 5 heteroatoms. The highest BCUT2D eigenvalue weighted by molar-refractivity contribution is 14.1. The molecule has 0 aromatic carbocycles. The number of ether oxygens (including phenoxy) is 1. The Bertz CT molecular complexity index is 129. The van der Waals surface area contributed by atoms with Gasteiger partial charge in [-0.1, -0.05) is 0 Å². The van der Waals surface area contributed by atoms with Crippen LogP contribution in [-0.2, 0) is 4.74 Å². The van der Waals surface area contributed by atoms with E-state index in [4.69, 9.17) is 4.74 Å². The number of aliphatic hydroxyl groups is 3. The quantitative estimate of drug-likeness (QED) is 0.401. The number of alkyl halides is 1. The molecule has 5 atom stereocenters. The summed E-state index contributed by atoms with van der Waals surface area (Å²) in [4.78, 5) is 0. The summed E-state index contributed by atoms with van der Waals surface area (Å²) >= 11 is 1.88. The summed E-state index contributed by atoms with van der Waals surface area (Å²) in [5.74, 6) is 0. The summed E-state index contributed by atoms with van der Waals surface area (Å²) in [7, 11) is 0. The first-order valence-corrected chi connectivity index (χ1v) is 4.62. The molecule has 66 valence electrons. The molecule has 1 rings (SSSR count). The number of rotatable bonds is 0. The van der Waals surface area contributed by atoms with E-state index < -0.39 is 28.5 Å². The highest BCUT2D eigenvalue weighted by Gasteiger charge is 2.40. The lowest BCUT2D eigenvalue weighted by Crippen LogP contribution is -2.54. The second kappa shape index (κ2) is 3.53. The van der Waals surface area contributed by atoms with Gasteiger partial charge in [0.2, 0.25) is 0 Å². The standard InChI is InChI=1S/C6H11IO4/c1-2-3(8)4(9)5(10)6(7)11-2/h2-6,8-10H,1H3/t2-,3+,4+,5-,6?/m0/s1. The normalized spacial score (nSPS) is 52.6. The Hall–Kier alpha value is 0.570. The molecule has 0 saturated carbocycles. The second-order valence-corrected chi connectivity index (χ2v) is 3.89. The maximum Gasteiger partial charge on any atom is 0.137 e. The minimum absolute atomic E-state index is 0.421. The van der Waals surface area contributed by atoms with Crippen LogP contribution in [0, 0.1) is 0 Å². The molecular weight excluding hydrogens is 263 g/mol. The lowest BCUT2D eigenvalue weighted by Gasteiger charge is -2.36. The van der Waals surface area contributed by atoms with Crippen molar-refractivity contribution in [2.45, 2.75) is 35.5 Å². The van der Waals surface area contributed by atoms with Gasteiger partial charge in [-0.15, -0.1) is 0 Å². The van der Waals surface area contributed by atoms with Gasteiger partial charge in [0.1, 0.15) is 22.4 Å². The molecule has 0 aromatic rings. The van der Waals surface area contributed by atoms with Gasteiger partial charge in [-0.25, -0.2) is 0 Å². The summed E-state index contributed by atoms with van der Waals surface area (Å²) < 4.78 is 4.66. The molecule has 0 amide bonds. The van der Waals surface area contributed by atoms with Crippen LogP contribution >= 0.6 is 22.6 Å². The molecular formula is C6H11IO4. The molecule has 1 saturated heterocycles. The molecule has 1 aliphatic heterocycles. The predicted octanol–water partition coefficient (Wildman–Crippen LogP) is -0.751. The first-order valence-electron chi connectivity index (χ1n) is 3.37. The van der Waals surface area contributed by atoms with E-state index in [1.54, 1.807) is 6.92 Å². The zero-order chi connectivity index (χ0) is 8.59. The third kappa shape index (κ3) is 1.83. The van der Waals surface area contributed by atoms with Crippen LogP contribution in [0.15, 0.2) is 0 Å². The van der Waals surface area contributed by atoms with Crippen molar-refractivity contribution < 1.29 is 20.1 Å². The Labute approximate surface area is 78.3 Å². The SMILES string of the molecule is C[C@@H]1OC(I)[C@@H](O)[C@H](O)[C@@H]1O. The Balaban J connectivity index is 2.63. The van der Waals surface area contributed by atoms with Crippen LogP contribution in [0.5, 0.6) is 0 Å². The van der Waals surface area contributed by atoms with Crippen molar-refractivity contribution in [1.29, 1.82) is 0 Å². The minimum atomic E-state index is -1.10. The smallest absolute Gasteiger partial charge is 0.137 e. The van der Waals surface area contributed by atoms with E-state index in [0.29, 0.717) is 0 Å². The van der Waals surface area contributed by atoms with E-state index in [0.717, 1.165) is 0 Å². The molecule has 0 aromatic heterocycles. The first kappa shape index (κ1) is 9.66. The lowest BCUT2D eigenvalue weighted by atomic mass is 10.0. The van der Waals surface area contributed by atoms with Gasteiger partial charge in [0.25, 0.3) is 0 Å². The van der Waals surface area contributed by atoms with Crippen LogP contribution in [-0.4, -0.2) is 43.8 Å². The van der Waals surface area contributed by atoms with E-state index >= 15 is 0 Å². The monoisotopic (exact) mass is 274 g/mol. The van der Waals surface area contributed by atoms with E-state index in [2.05, 4.69) is 0 Å². The van der Waals surface area contributed by atoms with Gasteiger partial charge >= 0.3 is 0 Å². The van der Waals surface area contributed by atoms with Crippen LogP contribution in [0.1, 0.15) is 6.92 Å². The summed E-state index contributed by atoms with van der Waals surface area (Å²) in [6.07, 6.45) is -3.51. The molecule has 1 fully saturated rings. The van der Waals surface area contributed by atoms with Gasteiger partial charge in [-0.05, 0) is 29.5 Å². The third-order valence-corrected chi connectivity index (χ3v) is 2.82. The summed E-state index contributed by atoms with van der Waals surface area (Å²) in [6, 6.07) is 0. The van der Waals surface area contributed by atoms with Gasteiger partial charge in [0, 0.05) is 0 Å². The number of hydrogen-bond acceptors (Lipinski definition) is 4. The Morgan fingerprint density at radius 1 is 1.09 bits per heavy atom. The third-order valence-electron chi connectivity index (χ3n) is 1.79. The average Bonchev–Trinajstić information content (AvgIpc) is 1.97. The Morgan fingerprint density at radius 3 is 2.18 bits per heavy atom. The maximum absolute atomic E-state index is 9.20. The minimum Gasteiger partial charge on any atom is -0.388 e. The van der Waals surface area contributed by atoms with Crippen LogP contribution in [0.2, 0.25) is 0 Å². The van der Waals surface area contributed by atoms with Crippen molar-refractivity contribution in [1.82, 2.24) is 0 Å². The fraction of sp³-hybridized carbons (Fsp3) is 1.00. The maximum atomic E-state index is 9.20. The van der Waals surface area contributed by atoms with Crippen molar-refractivity contribution in [3.8, 4) is 0 Å². The van der Waals surface area contributed by atoms with Crippen LogP contribution in [0.4, 0.5) is 0 Å². The Kier molecular flexibility index (Phi) is 3.10. The van der Waals surface area contributed by atoms with Crippen molar-refractivity contribution in [3.63, 3.8) is 0 Å². The number of aliphatic hydroxyl groups excluding tert-OH is 3. The molecule has 3 N–H and O–H groups in total. The molecule has 0 spiro atoms. The van der Waals surface area contributed by atoms with Gasteiger partial charge in [-0.2, -0.15) is 0 Å². The fourth-order valence-corrected chi connectivity index (χ4v) is 1.89. The lowest BCUT2D eigenvalue weighted by molar-refractivity contribution is -0.187. The molecule has 0 aliphatic carbocycles. The second-order valence-electron chi connectivity index (χ2n) is 2.66. The first-order chi connectivity index (χ1) is 5.04. The summed E-state index contributed by atoms with van der Waals surface area (Å²) in [5.41, 5.74) is 0. The molecule has 11 heavy (non-hydrogen) atoms. The molecule has 1 aliphatic rings. The largest absolute Gasteiger partial charge is 0.388 e. The molecule has 4 nitrogen and oxygen atoms in total. The van der Waals surface area contributed by atoms with Crippen LogP contribution in [0.25, 0.3) is 0 Å². The van der Waals surface area contributed by atoms with Gasteiger partial charge in [0.05, 0.1) is 6.10 Å². The Morgan fingerprint density at radius 2 is 1.64 bits per heavy atom. The average molecular weight is 274 g/mol. The highest BCUT2D eigenvalue weighted by atomic mass is 127. The molecule has 0 bridgehead atoms. The van der Waals surface area contributed by atoms with Gasteiger partial charge in [0.15, 0.2) is 0 Å². The van der Waals surface area contributed by atoms with E-state index in [1.807, 2.05) is 22.6 Å². The van der Waals surface area contributed by atoms with Crippen molar-refractivity contribution in [2.75, 3.05) is 0 Å². The molecule has 0 radical (unpaired) electrons. The van der Waals surface area contributed by atoms with E-state index in [9.17, 15) is 15.3 Å². The summed E-state index contributed by atoms with van der Waals surface area (Å²) in [6.45, 7) is 1.66. The summed E-state index contributed by atoms with van der Waals surface area (Å²) in [5, 5.41) is 27.6. The molecule has 1 heterocycles. The van der Waals surface area contributed by atoms with Crippen molar-refractivity contribution in [2.24, 2.45) is 0 Å². The predicted molar refractivity (Wildman–Crippen MR) is 46.4 cm³/mol. The van der Waals surface area contributed by atoms with Gasteiger partial charge < -0.3 is 20.1 Å². The van der Waals surface area contributed by atoms with Crippen molar-refractivity contribution in [3.05, 3.63) is 0 Å².